The van der Waals surface area contributed by atoms with Crippen molar-refractivity contribution in [2.24, 2.45) is 0 Å². The SMILES string of the molecule is CC/C=C\C/C=C\C/C=C\CCCCCCCC(=O)OC[C@H](COC(=O)CCCCCCCCCCCCC/C=C\CCCCCCCC)OC(=O)CCCCCCC/C=C\C/C=C\CCCCC. The van der Waals surface area contributed by atoms with Crippen LogP contribution in [-0.2, 0) is 28.6 Å². The van der Waals surface area contributed by atoms with Gasteiger partial charge in [-0.15, -0.1) is 0 Å². The lowest BCUT2D eigenvalue weighted by atomic mass is 10.0. The van der Waals surface area contributed by atoms with Crippen molar-refractivity contribution in [3.05, 3.63) is 72.9 Å². The average molecular weight is 964 g/mol. The minimum Gasteiger partial charge on any atom is -0.462 e. The van der Waals surface area contributed by atoms with Crippen molar-refractivity contribution in [2.45, 2.75) is 297 Å². The first-order chi connectivity index (χ1) is 34.0. The molecule has 0 radical (unpaired) electrons. The number of hydrogen-bond acceptors (Lipinski definition) is 6. The normalized spacial score (nSPS) is 12.6. The fraction of sp³-hybridized carbons (Fsp3) is 0.762. The summed E-state index contributed by atoms with van der Waals surface area (Å²) in [4.78, 5) is 38.2. The van der Waals surface area contributed by atoms with Crippen molar-refractivity contribution in [2.75, 3.05) is 13.2 Å². The van der Waals surface area contributed by atoms with Crippen molar-refractivity contribution in [1.82, 2.24) is 0 Å². The summed E-state index contributed by atoms with van der Waals surface area (Å²) >= 11 is 0. The van der Waals surface area contributed by atoms with Crippen LogP contribution in [0.25, 0.3) is 0 Å². The van der Waals surface area contributed by atoms with Gasteiger partial charge in [-0.05, 0) is 109 Å². The van der Waals surface area contributed by atoms with Gasteiger partial charge in [0.15, 0.2) is 6.10 Å². The molecule has 0 aromatic heterocycles. The van der Waals surface area contributed by atoms with E-state index in [1.54, 1.807) is 0 Å². The molecule has 398 valence electrons. The molecular weight excluding hydrogens is 853 g/mol. The van der Waals surface area contributed by atoms with Crippen molar-refractivity contribution in [3.63, 3.8) is 0 Å². The van der Waals surface area contributed by atoms with Crippen LogP contribution in [0, 0.1) is 0 Å². The topological polar surface area (TPSA) is 78.9 Å². The molecule has 0 saturated carbocycles. The average Bonchev–Trinajstić information content (AvgIpc) is 3.35. The Balaban J connectivity index is 4.37. The first-order valence-corrected chi connectivity index (χ1v) is 29.4. The van der Waals surface area contributed by atoms with Crippen LogP contribution >= 0.6 is 0 Å². The van der Waals surface area contributed by atoms with Crippen LogP contribution in [0.4, 0.5) is 0 Å². The Morgan fingerprint density at radius 1 is 0.304 bits per heavy atom. The Morgan fingerprint density at radius 2 is 0.565 bits per heavy atom. The van der Waals surface area contributed by atoms with Gasteiger partial charge >= 0.3 is 17.9 Å². The zero-order chi connectivity index (χ0) is 50.0. The zero-order valence-electron chi connectivity index (χ0n) is 45.6. The molecule has 0 fully saturated rings. The molecule has 0 spiro atoms. The summed E-state index contributed by atoms with van der Waals surface area (Å²) in [5.74, 6) is -0.910. The fourth-order valence-electron chi connectivity index (χ4n) is 8.25. The first-order valence-electron chi connectivity index (χ1n) is 29.4. The molecule has 1 atom stereocenters. The molecule has 0 aromatic rings. The molecule has 0 aliphatic carbocycles. The molecule has 0 N–H and O–H groups in total. The van der Waals surface area contributed by atoms with Gasteiger partial charge in [-0.3, -0.25) is 14.4 Å². The van der Waals surface area contributed by atoms with E-state index in [-0.39, 0.29) is 31.1 Å². The van der Waals surface area contributed by atoms with Crippen LogP contribution in [0.15, 0.2) is 72.9 Å². The number of esters is 3. The number of hydrogen-bond donors (Lipinski definition) is 0. The van der Waals surface area contributed by atoms with E-state index in [0.29, 0.717) is 19.3 Å². The minimum atomic E-state index is -0.790. The van der Waals surface area contributed by atoms with Gasteiger partial charge in [-0.2, -0.15) is 0 Å². The lowest BCUT2D eigenvalue weighted by Crippen LogP contribution is -2.30. The summed E-state index contributed by atoms with van der Waals surface area (Å²) in [5.41, 5.74) is 0. The Labute approximate surface area is 427 Å². The molecule has 69 heavy (non-hydrogen) atoms. The predicted octanol–water partition coefficient (Wildman–Crippen LogP) is 19.8. The highest BCUT2D eigenvalue weighted by Gasteiger charge is 2.19. The van der Waals surface area contributed by atoms with Gasteiger partial charge in [-0.25, -0.2) is 0 Å². The number of carbonyl (C=O) groups is 3. The molecule has 6 heteroatoms. The molecule has 0 rings (SSSR count). The molecule has 0 aliphatic heterocycles. The van der Waals surface area contributed by atoms with E-state index in [0.717, 1.165) is 122 Å². The maximum atomic E-state index is 12.8. The Morgan fingerprint density at radius 3 is 0.928 bits per heavy atom. The first kappa shape index (κ1) is 65.8. The molecule has 0 saturated heterocycles. The highest BCUT2D eigenvalue weighted by atomic mass is 16.6. The van der Waals surface area contributed by atoms with Crippen LogP contribution in [0.1, 0.15) is 290 Å². The van der Waals surface area contributed by atoms with E-state index in [1.165, 1.54) is 128 Å². The summed E-state index contributed by atoms with van der Waals surface area (Å²) in [6.45, 7) is 6.49. The molecule has 0 unspecified atom stereocenters. The van der Waals surface area contributed by atoms with E-state index in [1.807, 2.05) is 0 Å². The Kier molecular flexibility index (Phi) is 54.8. The number of carbonyl (C=O) groups excluding carboxylic acids is 3. The van der Waals surface area contributed by atoms with Gasteiger partial charge in [0.25, 0.3) is 0 Å². The predicted molar refractivity (Wildman–Crippen MR) is 298 cm³/mol. The summed E-state index contributed by atoms with van der Waals surface area (Å²) in [7, 11) is 0. The number of allylic oxidation sites excluding steroid dienone is 12. The van der Waals surface area contributed by atoms with Crippen molar-refractivity contribution < 1.29 is 28.6 Å². The van der Waals surface area contributed by atoms with Crippen LogP contribution < -0.4 is 0 Å². The standard InChI is InChI=1S/C63H110O6/c1-4-7-10-13-16-19-22-25-28-29-30-31-32-33-36-38-41-44-47-50-53-56-62(65)68-59-60(69-63(66)57-54-51-48-45-42-39-35-27-24-21-18-15-12-9-6-3)58-67-61(64)55-52-49-46-43-40-37-34-26-23-20-17-14-11-8-5-2/h8,11,17-18,20-21,25-28,34-35,60H,4-7,9-10,12-16,19,22-24,29-33,36-59H2,1-3H3/b11-8-,20-17-,21-18-,28-25-,34-26-,35-27-/t60-/m1/s1. The Hall–Kier alpha value is -3.15. The third-order valence-corrected chi connectivity index (χ3v) is 12.7. The molecule has 0 bridgehead atoms. The van der Waals surface area contributed by atoms with Crippen molar-refractivity contribution in [1.29, 1.82) is 0 Å². The third kappa shape index (κ3) is 55.6. The molecule has 0 amide bonds. The van der Waals surface area contributed by atoms with Gasteiger partial charge < -0.3 is 14.2 Å². The zero-order valence-corrected chi connectivity index (χ0v) is 45.6. The van der Waals surface area contributed by atoms with Crippen molar-refractivity contribution >= 4 is 17.9 Å². The van der Waals surface area contributed by atoms with E-state index in [2.05, 4.69) is 93.7 Å². The highest BCUT2D eigenvalue weighted by molar-refractivity contribution is 5.71. The highest BCUT2D eigenvalue weighted by Crippen LogP contribution is 2.15. The van der Waals surface area contributed by atoms with Crippen LogP contribution in [0.3, 0.4) is 0 Å². The van der Waals surface area contributed by atoms with Gasteiger partial charge in [0.05, 0.1) is 0 Å². The fourth-order valence-corrected chi connectivity index (χ4v) is 8.25. The summed E-state index contributed by atoms with van der Waals surface area (Å²) in [6.07, 6.45) is 73.2. The lowest BCUT2D eigenvalue weighted by Gasteiger charge is -2.18. The van der Waals surface area contributed by atoms with Crippen LogP contribution in [0.2, 0.25) is 0 Å². The van der Waals surface area contributed by atoms with Crippen molar-refractivity contribution in [3.8, 4) is 0 Å². The summed E-state index contributed by atoms with van der Waals surface area (Å²) in [5, 5.41) is 0. The van der Waals surface area contributed by atoms with Gasteiger partial charge in [0.2, 0.25) is 0 Å². The number of rotatable bonds is 53. The molecule has 0 aromatic carbocycles. The Bertz CT molecular complexity index is 1290. The maximum Gasteiger partial charge on any atom is 0.306 e. The molecular formula is C63H110O6. The van der Waals surface area contributed by atoms with E-state index in [4.69, 9.17) is 14.2 Å². The second kappa shape index (κ2) is 57.4. The minimum absolute atomic E-state index is 0.0863. The van der Waals surface area contributed by atoms with Gasteiger partial charge in [0.1, 0.15) is 13.2 Å². The summed E-state index contributed by atoms with van der Waals surface area (Å²) < 4.78 is 16.9. The monoisotopic (exact) mass is 963 g/mol. The van der Waals surface area contributed by atoms with E-state index in [9.17, 15) is 14.4 Å². The molecule has 6 nitrogen and oxygen atoms in total. The largest absolute Gasteiger partial charge is 0.462 e. The molecule has 0 aliphatic rings. The quantitative estimate of drug-likeness (QED) is 0.0262. The van der Waals surface area contributed by atoms with Gasteiger partial charge in [-0.1, -0.05) is 235 Å². The smallest absolute Gasteiger partial charge is 0.306 e. The maximum absolute atomic E-state index is 12.8. The number of unbranched alkanes of at least 4 members (excludes halogenated alkanes) is 30. The second-order valence-corrected chi connectivity index (χ2v) is 19.5. The molecule has 0 heterocycles. The van der Waals surface area contributed by atoms with Crippen LogP contribution in [-0.4, -0.2) is 37.2 Å². The van der Waals surface area contributed by atoms with Crippen LogP contribution in [0.5, 0.6) is 0 Å². The number of ether oxygens (including phenoxy) is 3. The lowest BCUT2D eigenvalue weighted by molar-refractivity contribution is -0.167. The van der Waals surface area contributed by atoms with E-state index >= 15 is 0 Å². The third-order valence-electron chi connectivity index (χ3n) is 12.7. The second-order valence-electron chi connectivity index (χ2n) is 19.5. The van der Waals surface area contributed by atoms with E-state index < -0.39 is 6.10 Å². The van der Waals surface area contributed by atoms with Gasteiger partial charge in [0, 0.05) is 19.3 Å². The summed E-state index contributed by atoms with van der Waals surface area (Å²) in [6, 6.07) is 0.